The van der Waals surface area contributed by atoms with Crippen molar-refractivity contribution in [1.82, 2.24) is 0 Å². The van der Waals surface area contributed by atoms with Gasteiger partial charge in [-0.3, -0.25) is 4.79 Å². The summed E-state index contributed by atoms with van der Waals surface area (Å²) in [6.45, 7) is 6.57. The van der Waals surface area contributed by atoms with E-state index < -0.39 is 0 Å². The Morgan fingerprint density at radius 3 is 2.65 bits per heavy atom. The van der Waals surface area contributed by atoms with Crippen LogP contribution < -0.4 is 0 Å². The third kappa shape index (κ3) is 6.93. The Morgan fingerprint density at radius 2 is 2.00 bits per heavy atom. The lowest BCUT2D eigenvalue weighted by Gasteiger charge is -2.08. The largest absolute Gasteiger partial charge is 0.461 e. The molecular weight excluding hydrogens is 248 g/mol. The highest BCUT2D eigenvalue weighted by Crippen LogP contribution is 2.09. The molecule has 1 atom stereocenters. The van der Waals surface area contributed by atoms with Gasteiger partial charge in [0.1, 0.15) is 6.61 Å². The maximum Gasteiger partial charge on any atom is 0.310 e. The molecule has 2 nitrogen and oxygen atoms in total. The molecule has 0 fully saturated rings. The Morgan fingerprint density at radius 1 is 1.30 bits per heavy atom. The highest BCUT2D eigenvalue weighted by atomic mass is 16.5. The lowest BCUT2D eigenvalue weighted by atomic mass is 10.0. The second-order valence-corrected chi connectivity index (χ2v) is 5.12. The van der Waals surface area contributed by atoms with E-state index in [4.69, 9.17) is 4.74 Å². The van der Waals surface area contributed by atoms with Gasteiger partial charge in [0.05, 0.1) is 6.42 Å². The molecule has 0 aromatic heterocycles. The third-order valence-electron chi connectivity index (χ3n) is 2.96. The average molecular weight is 272 g/mol. The molecule has 0 aliphatic heterocycles. The van der Waals surface area contributed by atoms with Crippen molar-refractivity contribution in [3.05, 3.63) is 59.7 Å². The van der Waals surface area contributed by atoms with Crippen LogP contribution in [0.1, 0.15) is 32.8 Å². The number of esters is 1. The molecule has 0 saturated heterocycles. The van der Waals surface area contributed by atoms with E-state index in [1.54, 1.807) is 0 Å². The van der Waals surface area contributed by atoms with E-state index in [-0.39, 0.29) is 5.97 Å². The molecular formula is C18H24O2. The van der Waals surface area contributed by atoms with E-state index in [0.29, 0.717) is 18.9 Å². The highest BCUT2D eigenvalue weighted by Gasteiger charge is 2.05. The SMILES string of the molecule is C/C=C/CC(C)/C=C(\C)COC(=O)Cc1ccccc1. The van der Waals surface area contributed by atoms with Crippen molar-refractivity contribution in [2.45, 2.75) is 33.6 Å². The van der Waals surface area contributed by atoms with E-state index in [1.807, 2.05) is 44.2 Å². The summed E-state index contributed by atoms with van der Waals surface area (Å²) in [4.78, 5) is 11.7. The topological polar surface area (TPSA) is 26.3 Å². The van der Waals surface area contributed by atoms with Crippen molar-refractivity contribution in [3.63, 3.8) is 0 Å². The Labute approximate surface area is 122 Å². The number of ether oxygens (including phenoxy) is 1. The second kappa shape index (κ2) is 9.13. The molecule has 1 aromatic rings. The summed E-state index contributed by atoms with van der Waals surface area (Å²) in [6, 6.07) is 9.66. The first-order valence-electron chi connectivity index (χ1n) is 7.09. The minimum atomic E-state index is -0.176. The minimum absolute atomic E-state index is 0.176. The first kappa shape index (κ1) is 16.2. The normalized spacial score (nSPS) is 13.4. The van der Waals surface area contributed by atoms with E-state index in [2.05, 4.69) is 25.2 Å². The van der Waals surface area contributed by atoms with Crippen LogP contribution in [0.15, 0.2) is 54.1 Å². The standard InChI is InChI=1S/C18H24O2/c1-4-5-9-15(2)12-16(3)14-20-18(19)13-17-10-7-6-8-11-17/h4-8,10-12,15H,9,13-14H2,1-3H3/b5-4+,16-12+. The molecule has 0 spiro atoms. The zero-order valence-corrected chi connectivity index (χ0v) is 12.6. The van der Waals surface area contributed by atoms with Gasteiger partial charge in [-0.2, -0.15) is 0 Å². The molecule has 0 N–H and O–H groups in total. The number of carbonyl (C=O) groups is 1. The Hall–Kier alpha value is -1.83. The van der Waals surface area contributed by atoms with Crippen molar-refractivity contribution < 1.29 is 9.53 Å². The molecule has 1 rings (SSSR count). The van der Waals surface area contributed by atoms with Crippen LogP contribution in [0.3, 0.4) is 0 Å². The number of carbonyl (C=O) groups excluding carboxylic acids is 1. The molecule has 0 radical (unpaired) electrons. The van der Waals surface area contributed by atoms with Crippen molar-refractivity contribution in [1.29, 1.82) is 0 Å². The van der Waals surface area contributed by atoms with E-state index >= 15 is 0 Å². The highest BCUT2D eigenvalue weighted by molar-refractivity contribution is 5.72. The van der Waals surface area contributed by atoms with Crippen molar-refractivity contribution >= 4 is 5.97 Å². The molecule has 0 bridgehead atoms. The van der Waals surface area contributed by atoms with Crippen molar-refractivity contribution in [2.24, 2.45) is 5.92 Å². The third-order valence-corrected chi connectivity index (χ3v) is 2.96. The van der Waals surface area contributed by atoms with Crippen LogP contribution in [-0.2, 0) is 16.0 Å². The van der Waals surface area contributed by atoms with E-state index in [1.165, 1.54) is 0 Å². The molecule has 0 saturated carbocycles. The monoisotopic (exact) mass is 272 g/mol. The fourth-order valence-electron chi connectivity index (χ4n) is 1.96. The van der Waals surface area contributed by atoms with Crippen molar-refractivity contribution in [3.8, 4) is 0 Å². The zero-order chi connectivity index (χ0) is 14.8. The molecule has 0 amide bonds. The van der Waals surface area contributed by atoms with Gasteiger partial charge < -0.3 is 4.74 Å². The number of hydrogen-bond acceptors (Lipinski definition) is 2. The fraction of sp³-hybridized carbons (Fsp3) is 0.389. The molecule has 1 aromatic carbocycles. The minimum Gasteiger partial charge on any atom is -0.461 e. The Bertz CT molecular complexity index is 458. The molecule has 20 heavy (non-hydrogen) atoms. The summed E-state index contributed by atoms with van der Waals surface area (Å²) < 4.78 is 5.29. The second-order valence-electron chi connectivity index (χ2n) is 5.12. The first-order valence-corrected chi connectivity index (χ1v) is 7.09. The fourth-order valence-corrected chi connectivity index (χ4v) is 1.96. The van der Waals surface area contributed by atoms with Gasteiger partial charge in [-0.05, 0) is 37.3 Å². The Kier molecular flexibility index (Phi) is 7.41. The van der Waals surface area contributed by atoms with Crippen LogP contribution in [0, 0.1) is 5.92 Å². The van der Waals surface area contributed by atoms with Crippen LogP contribution in [0.5, 0.6) is 0 Å². The molecule has 1 unspecified atom stereocenters. The number of benzene rings is 1. The van der Waals surface area contributed by atoms with Crippen LogP contribution in [-0.4, -0.2) is 12.6 Å². The summed E-state index contributed by atoms with van der Waals surface area (Å²) in [5.74, 6) is 0.295. The lowest BCUT2D eigenvalue weighted by molar-refractivity contribution is -0.141. The number of hydrogen-bond donors (Lipinski definition) is 0. The van der Waals surface area contributed by atoms with Crippen molar-refractivity contribution in [2.75, 3.05) is 6.61 Å². The van der Waals surface area contributed by atoms with Gasteiger partial charge in [-0.25, -0.2) is 0 Å². The van der Waals surface area contributed by atoms with Gasteiger partial charge in [-0.1, -0.05) is 55.5 Å². The number of allylic oxidation sites excluding steroid dienone is 3. The summed E-state index contributed by atoms with van der Waals surface area (Å²) >= 11 is 0. The number of rotatable bonds is 7. The summed E-state index contributed by atoms with van der Waals surface area (Å²) in [6.07, 6.45) is 7.72. The summed E-state index contributed by atoms with van der Waals surface area (Å²) in [7, 11) is 0. The zero-order valence-electron chi connectivity index (χ0n) is 12.6. The van der Waals surface area contributed by atoms with Crippen LogP contribution >= 0.6 is 0 Å². The molecule has 2 heteroatoms. The van der Waals surface area contributed by atoms with Crippen LogP contribution in [0.4, 0.5) is 0 Å². The maximum atomic E-state index is 11.7. The lowest BCUT2D eigenvalue weighted by Crippen LogP contribution is -2.10. The predicted octanol–water partition coefficient (Wildman–Crippen LogP) is 4.32. The molecule has 0 heterocycles. The molecule has 0 aliphatic carbocycles. The predicted molar refractivity (Wildman–Crippen MR) is 83.5 cm³/mol. The maximum absolute atomic E-state index is 11.7. The summed E-state index contributed by atoms with van der Waals surface area (Å²) in [5, 5.41) is 0. The van der Waals surface area contributed by atoms with Gasteiger partial charge in [0.15, 0.2) is 0 Å². The molecule has 108 valence electrons. The smallest absolute Gasteiger partial charge is 0.310 e. The van der Waals surface area contributed by atoms with Gasteiger partial charge in [0, 0.05) is 0 Å². The Balaban J connectivity index is 2.35. The van der Waals surface area contributed by atoms with Gasteiger partial charge in [0.25, 0.3) is 0 Å². The molecule has 0 aliphatic rings. The van der Waals surface area contributed by atoms with E-state index in [0.717, 1.165) is 17.6 Å². The first-order chi connectivity index (χ1) is 9.61. The van der Waals surface area contributed by atoms with Gasteiger partial charge in [-0.15, -0.1) is 0 Å². The summed E-state index contributed by atoms with van der Waals surface area (Å²) in [5.41, 5.74) is 2.09. The van der Waals surface area contributed by atoms with Gasteiger partial charge >= 0.3 is 5.97 Å². The van der Waals surface area contributed by atoms with Crippen LogP contribution in [0.2, 0.25) is 0 Å². The average Bonchev–Trinajstić information content (AvgIpc) is 2.44. The van der Waals surface area contributed by atoms with Crippen LogP contribution in [0.25, 0.3) is 0 Å². The quantitative estimate of drug-likeness (QED) is 0.546. The van der Waals surface area contributed by atoms with E-state index in [9.17, 15) is 4.79 Å². The van der Waals surface area contributed by atoms with Gasteiger partial charge in [0.2, 0.25) is 0 Å².